The van der Waals surface area contributed by atoms with Crippen molar-refractivity contribution in [2.75, 3.05) is 13.1 Å². The minimum atomic E-state index is -0.796. The molecule has 0 N–H and O–H groups in total. The highest BCUT2D eigenvalue weighted by atomic mass is 16.7. The summed E-state index contributed by atoms with van der Waals surface area (Å²) >= 11 is 0. The molecule has 1 saturated heterocycles. The predicted molar refractivity (Wildman–Crippen MR) is 115 cm³/mol. The summed E-state index contributed by atoms with van der Waals surface area (Å²) in [4.78, 5) is 26.7. The Morgan fingerprint density at radius 3 is 1.90 bits per heavy atom. The number of nitrogens with zero attached hydrogens (tertiary/aromatic N) is 1. The van der Waals surface area contributed by atoms with E-state index in [0.717, 1.165) is 5.56 Å². The van der Waals surface area contributed by atoms with Crippen LogP contribution in [0.4, 0.5) is 9.59 Å². The monoisotopic (exact) mass is 417 g/mol. The number of piperidine rings is 1. The van der Waals surface area contributed by atoms with Gasteiger partial charge >= 0.3 is 12.2 Å². The number of hydrogen-bond acceptors (Lipinski definition) is 5. The number of benzene rings is 3. The molecule has 6 nitrogen and oxygen atoms in total. The Kier molecular flexibility index (Phi) is 6.47. The van der Waals surface area contributed by atoms with E-state index >= 15 is 0 Å². The van der Waals surface area contributed by atoms with Gasteiger partial charge in [-0.3, -0.25) is 0 Å². The molecule has 2 unspecified atom stereocenters. The summed E-state index contributed by atoms with van der Waals surface area (Å²) in [6, 6.07) is 27.5. The summed E-state index contributed by atoms with van der Waals surface area (Å²) < 4.78 is 16.4. The van der Waals surface area contributed by atoms with Crippen molar-refractivity contribution in [2.45, 2.75) is 18.4 Å². The van der Waals surface area contributed by atoms with E-state index < -0.39 is 18.4 Å². The highest BCUT2D eigenvalue weighted by Crippen LogP contribution is 2.31. The maximum Gasteiger partial charge on any atom is 0.514 e. The zero-order valence-electron chi connectivity index (χ0n) is 16.9. The molecule has 3 aromatic rings. The van der Waals surface area contributed by atoms with Crippen LogP contribution in [0.2, 0.25) is 0 Å². The summed E-state index contributed by atoms with van der Waals surface area (Å²) in [6.45, 7) is 0.716. The second-order valence-electron chi connectivity index (χ2n) is 7.25. The summed E-state index contributed by atoms with van der Waals surface area (Å²) in [5.74, 6) is 0.823. The van der Waals surface area contributed by atoms with Gasteiger partial charge in [-0.05, 0) is 36.2 Å². The highest BCUT2D eigenvalue weighted by Gasteiger charge is 2.36. The lowest BCUT2D eigenvalue weighted by Gasteiger charge is -2.37. The number of carbonyl (C=O) groups excluding carboxylic acids is 2. The number of para-hydroxylation sites is 2. The summed E-state index contributed by atoms with van der Waals surface area (Å²) in [5.41, 5.74) is 1.05. The molecule has 4 rings (SSSR count). The van der Waals surface area contributed by atoms with E-state index in [4.69, 9.17) is 14.2 Å². The smallest absolute Gasteiger partial charge is 0.428 e. The van der Waals surface area contributed by atoms with Crippen LogP contribution < -0.4 is 9.47 Å². The predicted octanol–water partition coefficient (Wildman–Crippen LogP) is 5.26. The Hall–Kier alpha value is -3.80. The Morgan fingerprint density at radius 2 is 1.29 bits per heavy atom. The molecule has 1 fully saturated rings. The highest BCUT2D eigenvalue weighted by molar-refractivity contribution is 5.71. The third-order valence-electron chi connectivity index (χ3n) is 5.19. The molecular weight excluding hydrogens is 394 g/mol. The molecular formula is C25H23NO5. The average molecular weight is 417 g/mol. The van der Waals surface area contributed by atoms with Crippen LogP contribution in [-0.4, -0.2) is 36.3 Å². The molecule has 0 spiro atoms. The lowest BCUT2D eigenvalue weighted by molar-refractivity contribution is 0.00929. The van der Waals surface area contributed by atoms with Crippen molar-refractivity contribution in [3.8, 4) is 11.5 Å². The molecule has 0 radical (unpaired) electrons. The van der Waals surface area contributed by atoms with Gasteiger partial charge in [0.25, 0.3) is 0 Å². The fourth-order valence-corrected chi connectivity index (χ4v) is 3.67. The first-order valence-electron chi connectivity index (χ1n) is 10.2. The molecule has 1 heterocycles. The molecule has 2 atom stereocenters. The van der Waals surface area contributed by atoms with Crippen molar-refractivity contribution in [2.24, 2.45) is 0 Å². The SMILES string of the molecule is O=C(Oc1ccccc1)OC1CN(C(=O)Oc2ccccc2)CCC1c1ccccc1. The van der Waals surface area contributed by atoms with Gasteiger partial charge in [0.15, 0.2) is 0 Å². The van der Waals surface area contributed by atoms with Crippen molar-refractivity contribution in [3.05, 3.63) is 96.6 Å². The molecule has 1 aliphatic rings. The molecule has 1 amide bonds. The first kappa shape index (κ1) is 20.5. The fourth-order valence-electron chi connectivity index (χ4n) is 3.67. The van der Waals surface area contributed by atoms with Crippen LogP contribution in [0.5, 0.6) is 11.5 Å². The van der Waals surface area contributed by atoms with E-state index in [1.807, 2.05) is 42.5 Å². The number of rotatable bonds is 4. The zero-order valence-corrected chi connectivity index (χ0v) is 16.9. The van der Waals surface area contributed by atoms with Gasteiger partial charge in [0, 0.05) is 12.5 Å². The molecule has 0 bridgehead atoms. The van der Waals surface area contributed by atoms with Gasteiger partial charge in [0.2, 0.25) is 0 Å². The second-order valence-corrected chi connectivity index (χ2v) is 7.25. The molecule has 0 aliphatic carbocycles. The van der Waals surface area contributed by atoms with Crippen LogP contribution in [0.3, 0.4) is 0 Å². The van der Waals surface area contributed by atoms with Crippen LogP contribution in [-0.2, 0) is 4.74 Å². The number of ether oxygens (including phenoxy) is 3. The minimum absolute atomic E-state index is 0.0506. The normalized spacial score (nSPS) is 18.1. The van der Waals surface area contributed by atoms with Crippen molar-refractivity contribution in [1.82, 2.24) is 4.90 Å². The zero-order chi connectivity index (χ0) is 21.5. The van der Waals surface area contributed by atoms with Gasteiger partial charge in [-0.15, -0.1) is 0 Å². The third-order valence-corrected chi connectivity index (χ3v) is 5.19. The van der Waals surface area contributed by atoms with Crippen molar-refractivity contribution in [3.63, 3.8) is 0 Å². The Labute approximate surface area is 181 Å². The fraction of sp³-hybridized carbons (Fsp3) is 0.200. The van der Waals surface area contributed by atoms with Crippen molar-refractivity contribution in [1.29, 1.82) is 0 Å². The van der Waals surface area contributed by atoms with E-state index in [0.29, 0.717) is 24.5 Å². The van der Waals surface area contributed by atoms with E-state index in [2.05, 4.69) is 0 Å². The standard InChI is InChI=1S/C25H23NO5/c27-24(29-20-12-6-2-7-13-20)26-17-16-22(19-10-4-1-5-11-19)23(18-26)31-25(28)30-21-14-8-3-9-15-21/h1-15,22-23H,16-18H2. The molecule has 0 saturated carbocycles. The van der Waals surface area contributed by atoms with Crippen LogP contribution in [0.15, 0.2) is 91.0 Å². The quantitative estimate of drug-likeness (QED) is 0.428. The van der Waals surface area contributed by atoms with E-state index in [-0.39, 0.29) is 12.5 Å². The first-order chi connectivity index (χ1) is 15.2. The summed E-state index contributed by atoms with van der Waals surface area (Å²) in [7, 11) is 0. The Morgan fingerprint density at radius 1 is 0.742 bits per heavy atom. The van der Waals surface area contributed by atoms with Crippen LogP contribution in [0.1, 0.15) is 17.9 Å². The molecule has 0 aromatic heterocycles. The average Bonchev–Trinajstić information content (AvgIpc) is 2.81. The number of likely N-dealkylation sites (tertiary alicyclic amines) is 1. The van der Waals surface area contributed by atoms with Gasteiger partial charge in [0.05, 0.1) is 6.54 Å². The first-order valence-corrected chi connectivity index (χ1v) is 10.2. The van der Waals surface area contributed by atoms with E-state index in [1.54, 1.807) is 53.4 Å². The van der Waals surface area contributed by atoms with E-state index in [1.165, 1.54) is 0 Å². The van der Waals surface area contributed by atoms with Crippen molar-refractivity contribution >= 4 is 12.2 Å². The molecule has 31 heavy (non-hydrogen) atoms. The van der Waals surface area contributed by atoms with Crippen LogP contribution >= 0.6 is 0 Å². The summed E-state index contributed by atoms with van der Waals surface area (Å²) in [5, 5.41) is 0. The lowest BCUT2D eigenvalue weighted by atomic mass is 9.87. The van der Waals surface area contributed by atoms with Gasteiger partial charge < -0.3 is 19.1 Å². The Bertz CT molecular complexity index is 994. The van der Waals surface area contributed by atoms with Gasteiger partial charge in [-0.25, -0.2) is 9.59 Å². The van der Waals surface area contributed by atoms with E-state index in [9.17, 15) is 9.59 Å². The second kappa shape index (κ2) is 9.80. The Balaban J connectivity index is 1.47. The number of carbonyl (C=O) groups is 2. The molecule has 158 valence electrons. The molecule has 3 aromatic carbocycles. The van der Waals surface area contributed by atoms with Crippen LogP contribution in [0.25, 0.3) is 0 Å². The van der Waals surface area contributed by atoms with Gasteiger partial charge in [-0.2, -0.15) is 0 Å². The largest absolute Gasteiger partial charge is 0.514 e. The minimum Gasteiger partial charge on any atom is -0.428 e. The topological polar surface area (TPSA) is 65.1 Å². The molecule has 6 heteroatoms. The van der Waals surface area contributed by atoms with Gasteiger partial charge in [0.1, 0.15) is 17.6 Å². The number of hydrogen-bond donors (Lipinski definition) is 0. The third kappa shape index (κ3) is 5.42. The van der Waals surface area contributed by atoms with Gasteiger partial charge in [-0.1, -0.05) is 66.7 Å². The maximum atomic E-state index is 12.7. The molecule has 1 aliphatic heterocycles. The lowest BCUT2D eigenvalue weighted by Crippen LogP contribution is -2.48. The summed E-state index contributed by atoms with van der Waals surface area (Å²) in [6.07, 6.45) is -1.19. The van der Waals surface area contributed by atoms with Crippen LogP contribution in [0, 0.1) is 0 Å². The number of amides is 1. The maximum absolute atomic E-state index is 12.7. The van der Waals surface area contributed by atoms with Crippen molar-refractivity contribution < 1.29 is 23.8 Å².